The van der Waals surface area contributed by atoms with Crippen LogP contribution >= 0.6 is 0 Å². The summed E-state index contributed by atoms with van der Waals surface area (Å²) in [5, 5.41) is 2.88. The maximum atomic E-state index is 12.8. The Bertz CT molecular complexity index is 541. The monoisotopic (exact) mass is 274 g/mol. The summed E-state index contributed by atoms with van der Waals surface area (Å²) in [7, 11) is 0. The summed E-state index contributed by atoms with van der Waals surface area (Å²) in [5.74, 6) is -0.102. The number of benzene rings is 1. The van der Waals surface area contributed by atoms with Crippen molar-refractivity contribution < 1.29 is 9.59 Å². The molecule has 1 aliphatic heterocycles. The second-order valence-electron chi connectivity index (χ2n) is 5.61. The van der Waals surface area contributed by atoms with Crippen molar-refractivity contribution in [2.24, 2.45) is 0 Å². The molecule has 1 fully saturated rings. The average Bonchev–Trinajstić information content (AvgIpc) is 2.42. The van der Waals surface area contributed by atoms with Crippen LogP contribution in [0.2, 0.25) is 0 Å². The highest BCUT2D eigenvalue weighted by atomic mass is 16.2. The topological polar surface area (TPSA) is 49.4 Å². The molecule has 4 heteroatoms. The molecular formula is C16H22N2O2. The Morgan fingerprint density at radius 1 is 1.30 bits per heavy atom. The molecule has 2 atom stereocenters. The molecule has 0 radical (unpaired) electrons. The lowest BCUT2D eigenvalue weighted by molar-refractivity contribution is -0.138. The number of rotatable bonds is 3. The first-order valence-electron chi connectivity index (χ1n) is 7.15. The smallest absolute Gasteiger partial charge is 0.253 e. The van der Waals surface area contributed by atoms with E-state index in [2.05, 4.69) is 5.32 Å². The molecule has 1 aliphatic rings. The summed E-state index contributed by atoms with van der Waals surface area (Å²) in [5.41, 5.74) is 1.07. The van der Waals surface area contributed by atoms with Crippen molar-refractivity contribution in [3.8, 4) is 0 Å². The van der Waals surface area contributed by atoms with E-state index in [-0.39, 0.29) is 11.8 Å². The van der Waals surface area contributed by atoms with Gasteiger partial charge in [0.25, 0.3) is 5.91 Å². The van der Waals surface area contributed by atoms with E-state index in [4.69, 9.17) is 0 Å². The van der Waals surface area contributed by atoms with Crippen LogP contribution in [-0.2, 0) is 9.59 Å². The molecule has 1 aromatic carbocycles. The molecule has 20 heavy (non-hydrogen) atoms. The van der Waals surface area contributed by atoms with Crippen molar-refractivity contribution in [3.63, 3.8) is 0 Å². The molecule has 1 saturated heterocycles. The van der Waals surface area contributed by atoms with Gasteiger partial charge in [-0.2, -0.15) is 0 Å². The molecule has 2 amide bonds. The molecule has 0 bridgehead atoms. The third-order valence-corrected chi connectivity index (χ3v) is 4.08. The number of carbonyl (C=O) groups is 2. The first-order chi connectivity index (χ1) is 9.42. The Morgan fingerprint density at radius 3 is 2.55 bits per heavy atom. The lowest BCUT2D eigenvalue weighted by atomic mass is 9.90. The molecular weight excluding hydrogens is 252 g/mol. The van der Waals surface area contributed by atoms with Gasteiger partial charge in [0.2, 0.25) is 5.91 Å². The highest BCUT2D eigenvalue weighted by Gasteiger charge is 2.46. The summed E-state index contributed by atoms with van der Waals surface area (Å²) >= 11 is 0. The van der Waals surface area contributed by atoms with Crippen LogP contribution in [-0.4, -0.2) is 23.4 Å². The molecule has 108 valence electrons. The fourth-order valence-electron chi connectivity index (χ4n) is 2.62. The van der Waals surface area contributed by atoms with E-state index in [9.17, 15) is 9.59 Å². The Kier molecular flexibility index (Phi) is 3.84. The van der Waals surface area contributed by atoms with Crippen LogP contribution in [0.3, 0.4) is 0 Å². The maximum Gasteiger partial charge on any atom is 0.253 e. The maximum absolute atomic E-state index is 12.8. The van der Waals surface area contributed by atoms with Gasteiger partial charge < -0.3 is 5.32 Å². The van der Waals surface area contributed by atoms with Crippen LogP contribution in [0.15, 0.2) is 24.3 Å². The zero-order valence-electron chi connectivity index (χ0n) is 12.6. The number of hydrogen-bond acceptors (Lipinski definition) is 2. The van der Waals surface area contributed by atoms with Gasteiger partial charge in [-0.1, -0.05) is 26.0 Å². The number of amides is 2. The summed E-state index contributed by atoms with van der Waals surface area (Å²) in [6, 6.07) is 7.32. The van der Waals surface area contributed by atoms with Crippen LogP contribution in [0, 0.1) is 6.92 Å². The van der Waals surface area contributed by atoms with Gasteiger partial charge in [0.15, 0.2) is 0 Å². The van der Waals surface area contributed by atoms with E-state index in [1.165, 1.54) is 0 Å². The van der Waals surface area contributed by atoms with Gasteiger partial charge in [-0.3, -0.25) is 14.5 Å². The molecule has 1 aromatic rings. The molecule has 0 spiro atoms. The van der Waals surface area contributed by atoms with Gasteiger partial charge in [-0.25, -0.2) is 0 Å². The van der Waals surface area contributed by atoms with Crippen LogP contribution in [0.4, 0.5) is 5.69 Å². The predicted octanol–water partition coefficient (Wildman–Crippen LogP) is 2.41. The molecule has 0 saturated carbocycles. The number of piperazine rings is 1. The van der Waals surface area contributed by atoms with Crippen molar-refractivity contribution in [1.29, 1.82) is 0 Å². The Balaban J connectivity index is 2.50. The lowest BCUT2D eigenvalue weighted by Gasteiger charge is -2.44. The number of nitrogens with one attached hydrogen (secondary N) is 1. The van der Waals surface area contributed by atoms with Gasteiger partial charge in [-0.15, -0.1) is 0 Å². The van der Waals surface area contributed by atoms with E-state index in [0.717, 1.165) is 11.3 Å². The minimum atomic E-state index is -0.813. The normalized spacial score (nSPS) is 26.6. The van der Waals surface area contributed by atoms with Crippen LogP contribution in [0.1, 0.15) is 39.2 Å². The van der Waals surface area contributed by atoms with Crippen molar-refractivity contribution >= 4 is 17.5 Å². The second-order valence-corrected chi connectivity index (χ2v) is 5.61. The Hall–Kier alpha value is -1.84. The Morgan fingerprint density at radius 2 is 2.00 bits per heavy atom. The van der Waals surface area contributed by atoms with Crippen LogP contribution in [0.5, 0.6) is 0 Å². The number of hydrogen-bond donors (Lipinski definition) is 1. The molecule has 1 heterocycles. The third-order valence-electron chi connectivity index (χ3n) is 4.08. The van der Waals surface area contributed by atoms with E-state index in [0.29, 0.717) is 12.8 Å². The fraction of sp³-hybridized carbons (Fsp3) is 0.500. The molecule has 0 aromatic heterocycles. The fourth-order valence-corrected chi connectivity index (χ4v) is 2.62. The largest absolute Gasteiger partial charge is 0.340 e. The van der Waals surface area contributed by atoms with E-state index >= 15 is 0 Å². The minimum absolute atomic E-state index is 0.0305. The van der Waals surface area contributed by atoms with Gasteiger partial charge >= 0.3 is 0 Å². The van der Waals surface area contributed by atoms with Crippen molar-refractivity contribution in [1.82, 2.24) is 5.32 Å². The van der Waals surface area contributed by atoms with Gasteiger partial charge in [0.1, 0.15) is 11.6 Å². The number of aryl methyl sites for hydroxylation is 1. The van der Waals surface area contributed by atoms with Gasteiger partial charge in [-0.05, 0) is 44.4 Å². The summed E-state index contributed by atoms with van der Waals surface area (Å²) in [6.07, 6.45) is 1.18. The first-order valence-corrected chi connectivity index (χ1v) is 7.15. The van der Waals surface area contributed by atoms with Crippen molar-refractivity contribution in [2.45, 2.75) is 52.1 Å². The van der Waals surface area contributed by atoms with Crippen molar-refractivity contribution in [2.75, 3.05) is 4.90 Å². The van der Waals surface area contributed by atoms with Crippen LogP contribution < -0.4 is 10.2 Å². The minimum Gasteiger partial charge on any atom is -0.340 e. The SMILES string of the molecule is CCC1C(=O)NC(C)(CC)C(=O)N1c1cccc(C)c1. The molecule has 4 nitrogen and oxygen atoms in total. The molecule has 2 unspecified atom stereocenters. The van der Waals surface area contributed by atoms with E-state index < -0.39 is 11.6 Å². The summed E-state index contributed by atoms with van der Waals surface area (Å²) in [4.78, 5) is 26.8. The zero-order chi connectivity index (χ0) is 14.9. The second kappa shape index (κ2) is 5.27. The standard InChI is InChI=1S/C16H22N2O2/c1-5-13-14(19)17-16(4,6-2)15(20)18(13)12-9-7-8-11(3)10-12/h7-10,13H,5-6H2,1-4H3,(H,17,19). The molecule has 1 N–H and O–H groups in total. The van der Waals surface area contributed by atoms with Gasteiger partial charge in [0, 0.05) is 5.69 Å². The summed E-state index contributed by atoms with van der Waals surface area (Å²) < 4.78 is 0. The van der Waals surface area contributed by atoms with E-state index in [1.807, 2.05) is 45.0 Å². The third kappa shape index (κ3) is 2.30. The number of anilines is 1. The van der Waals surface area contributed by atoms with Gasteiger partial charge in [0.05, 0.1) is 0 Å². The highest BCUT2D eigenvalue weighted by molar-refractivity contribution is 6.10. The van der Waals surface area contributed by atoms with E-state index in [1.54, 1.807) is 11.8 Å². The quantitative estimate of drug-likeness (QED) is 0.920. The predicted molar refractivity (Wildman–Crippen MR) is 79.6 cm³/mol. The number of nitrogens with zero attached hydrogens (tertiary/aromatic N) is 1. The molecule has 0 aliphatic carbocycles. The van der Waals surface area contributed by atoms with Crippen LogP contribution in [0.25, 0.3) is 0 Å². The first kappa shape index (κ1) is 14.6. The highest BCUT2D eigenvalue weighted by Crippen LogP contribution is 2.28. The Labute approximate surface area is 120 Å². The summed E-state index contributed by atoms with van der Waals surface area (Å²) in [6.45, 7) is 7.62. The molecule has 2 rings (SSSR count). The average molecular weight is 274 g/mol. The number of carbonyl (C=O) groups excluding carboxylic acids is 2. The lowest BCUT2D eigenvalue weighted by Crippen LogP contribution is -2.69. The van der Waals surface area contributed by atoms with Crippen molar-refractivity contribution in [3.05, 3.63) is 29.8 Å². The zero-order valence-corrected chi connectivity index (χ0v) is 12.6.